The molecule has 3 heteroatoms. The molecule has 1 atom stereocenters. The Kier molecular flexibility index (Phi) is 5.23. The molecular weight excluding hydrogens is 236 g/mol. The van der Waals surface area contributed by atoms with Gasteiger partial charge in [0.1, 0.15) is 5.75 Å². The Bertz CT molecular complexity index is 385. The summed E-state index contributed by atoms with van der Waals surface area (Å²) in [5.41, 5.74) is 8.30. The van der Waals surface area contributed by atoms with Crippen molar-refractivity contribution in [1.29, 1.82) is 0 Å². The molecular formula is C16H26N2O. The van der Waals surface area contributed by atoms with Gasteiger partial charge in [0.15, 0.2) is 0 Å². The number of nitrogens with zero attached hydrogens (tertiary/aromatic N) is 1. The molecule has 0 aliphatic carbocycles. The van der Waals surface area contributed by atoms with Crippen LogP contribution in [0.2, 0.25) is 0 Å². The lowest BCUT2D eigenvalue weighted by atomic mass is 10.1. The fourth-order valence-electron chi connectivity index (χ4n) is 2.93. The molecule has 0 aromatic heterocycles. The molecule has 106 valence electrons. The van der Waals surface area contributed by atoms with Crippen molar-refractivity contribution in [3.05, 3.63) is 29.3 Å². The van der Waals surface area contributed by atoms with E-state index in [1.165, 1.54) is 30.5 Å². The second-order valence-corrected chi connectivity index (χ2v) is 5.59. The Morgan fingerprint density at radius 2 is 2.00 bits per heavy atom. The smallest absolute Gasteiger partial charge is 0.119 e. The summed E-state index contributed by atoms with van der Waals surface area (Å²) in [6, 6.07) is 6.97. The fourth-order valence-corrected chi connectivity index (χ4v) is 2.93. The van der Waals surface area contributed by atoms with Crippen LogP contribution in [0.5, 0.6) is 5.75 Å². The predicted octanol–water partition coefficient (Wildman–Crippen LogP) is 2.50. The minimum Gasteiger partial charge on any atom is -0.494 e. The average Bonchev–Trinajstić information content (AvgIpc) is 2.81. The Hall–Kier alpha value is -1.06. The van der Waals surface area contributed by atoms with E-state index in [0.717, 1.165) is 31.9 Å². The molecule has 0 radical (unpaired) electrons. The van der Waals surface area contributed by atoms with Crippen LogP contribution in [0.1, 0.15) is 30.4 Å². The lowest BCUT2D eigenvalue weighted by Crippen LogP contribution is -2.36. The van der Waals surface area contributed by atoms with Crippen LogP contribution in [0.25, 0.3) is 0 Å². The topological polar surface area (TPSA) is 38.5 Å². The molecule has 19 heavy (non-hydrogen) atoms. The van der Waals surface area contributed by atoms with Crippen LogP contribution in [0.15, 0.2) is 18.2 Å². The quantitative estimate of drug-likeness (QED) is 0.801. The van der Waals surface area contributed by atoms with Crippen molar-refractivity contribution < 1.29 is 4.74 Å². The highest BCUT2D eigenvalue weighted by Crippen LogP contribution is 2.18. The first-order valence-corrected chi connectivity index (χ1v) is 7.34. The zero-order valence-corrected chi connectivity index (χ0v) is 12.2. The van der Waals surface area contributed by atoms with E-state index in [1.54, 1.807) is 0 Å². The van der Waals surface area contributed by atoms with Gasteiger partial charge in [0.25, 0.3) is 0 Å². The molecule has 0 amide bonds. The highest BCUT2D eigenvalue weighted by molar-refractivity contribution is 5.32. The number of hydrogen-bond donors (Lipinski definition) is 1. The summed E-state index contributed by atoms with van der Waals surface area (Å²) in [6.07, 6.45) is 3.62. The molecule has 1 aromatic rings. The second kappa shape index (κ2) is 6.92. The lowest BCUT2D eigenvalue weighted by molar-refractivity contribution is 0.224. The number of aryl methyl sites for hydroxylation is 2. The van der Waals surface area contributed by atoms with Gasteiger partial charge in [0, 0.05) is 19.1 Å². The molecule has 3 nitrogen and oxygen atoms in total. The monoisotopic (exact) mass is 262 g/mol. The molecule has 1 fully saturated rings. The molecule has 0 bridgehead atoms. The van der Waals surface area contributed by atoms with Crippen molar-refractivity contribution in [3.63, 3.8) is 0 Å². The van der Waals surface area contributed by atoms with Crippen LogP contribution in [-0.2, 0) is 0 Å². The van der Waals surface area contributed by atoms with E-state index < -0.39 is 0 Å². The van der Waals surface area contributed by atoms with E-state index in [2.05, 4.69) is 36.9 Å². The summed E-state index contributed by atoms with van der Waals surface area (Å²) >= 11 is 0. The van der Waals surface area contributed by atoms with Gasteiger partial charge in [-0.25, -0.2) is 0 Å². The van der Waals surface area contributed by atoms with Crippen LogP contribution >= 0.6 is 0 Å². The first kappa shape index (κ1) is 14.4. The van der Waals surface area contributed by atoms with Gasteiger partial charge in [0.05, 0.1) is 6.61 Å². The van der Waals surface area contributed by atoms with Crippen LogP contribution in [-0.4, -0.2) is 37.2 Å². The number of ether oxygens (including phenoxy) is 1. The Balaban J connectivity index is 1.71. The average molecular weight is 262 g/mol. The zero-order chi connectivity index (χ0) is 13.7. The van der Waals surface area contributed by atoms with E-state index in [0.29, 0.717) is 6.04 Å². The van der Waals surface area contributed by atoms with Crippen LogP contribution in [0.3, 0.4) is 0 Å². The van der Waals surface area contributed by atoms with Gasteiger partial charge in [0.2, 0.25) is 0 Å². The van der Waals surface area contributed by atoms with Crippen LogP contribution < -0.4 is 10.5 Å². The molecule has 2 rings (SSSR count). The standard InChI is InChI=1S/C16H26N2O/c1-13-9-14(2)11-16(10-13)19-8-4-7-18-6-3-5-15(18)12-17/h9-11,15H,3-8,12,17H2,1-2H3. The Labute approximate surface area is 116 Å². The molecule has 1 heterocycles. The molecule has 1 aliphatic heterocycles. The Morgan fingerprint density at radius 1 is 1.26 bits per heavy atom. The third-order valence-electron chi connectivity index (χ3n) is 3.82. The number of benzene rings is 1. The molecule has 1 aromatic carbocycles. The highest BCUT2D eigenvalue weighted by atomic mass is 16.5. The largest absolute Gasteiger partial charge is 0.494 e. The lowest BCUT2D eigenvalue weighted by Gasteiger charge is -2.22. The van der Waals surface area contributed by atoms with E-state index in [1.807, 2.05) is 0 Å². The summed E-state index contributed by atoms with van der Waals surface area (Å²) in [6.45, 7) is 8.10. The molecule has 0 saturated carbocycles. The molecule has 1 unspecified atom stereocenters. The maximum Gasteiger partial charge on any atom is 0.119 e. The van der Waals surface area contributed by atoms with Gasteiger partial charge in [-0.3, -0.25) is 4.90 Å². The van der Waals surface area contributed by atoms with Gasteiger partial charge >= 0.3 is 0 Å². The summed E-state index contributed by atoms with van der Waals surface area (Å²) < 4.78 is 5.84. The van der Waals surface area contributed by atoms with Crippen molar-refractivity contribution in [2.45, 2.75) is 39.2 Å². The third kappa shape index (κ3) is 4.22. The summed E-state index contributed by atoms with van der Waals surface area (Å²) in [7, 11) is 0. The third-order valence-corrected chi connectivity index (χ3v) is 3.82. The number of likely N-dealkylation sites (tertiary alicyclic amines) is 1. The first-order valence-electron chi connectivity index (χ1n) is 7.34. The molecule has 0 spiro atoms. The van der Waals surface area contributed by atoms with Gasteiger partial charge in [-0.1, -0.05) is 6.07 Å². The fraction of sp³-hybridized carbons (Fsp3) is 0.625. The van der Waals surface area contributed by atoms with Gasteiger partial charge in [-0.15, -0.1) is 0 Å². The first-order chi connectivity index (χ1) is 9.19. The SMILES string of the molecule is Cc1cc(C)cc(OCCCN2CCCC2CN)c1. The zero-order valence-electron chi connectivity index (χ0n) is 12.2. The van der Waals surface area contributed by atoms with Gasteiger partial charge in [-0.2, -0.15) is 0 Å². The van der Waals surface area contributed by atoms with E-state index in [4.69, 9.17) is 10.5 Å². The minimum absolute atomic E-state index is 0.598. The number of hydrogen-bond acceptors (Lipinski definition) is 3. The van der Waals surface area contributed by atoms with E-state index >= 15 is 0 Å². The van der Waals surface area contributed by atoms with Gasteiger partial charge in [-0.05, 0) is 62.9 Å². The molecule has 1 saturated heterocycles. The highest BCUT2D eigenvalue weighted by Gasteiger charge is 2.22. The summed E-state index contributed by atoms with van der Waals surface area (Å²) in [5, 5.41) is 0. The van der Waals surface area contributed by atoms with Crippen molar-refractivity contribution in [2.24, 2.45) is 5.73 Å². The predicted molar refractivity (Wildman–Crippen MR) is 79.7 cm³/mol. The normalized spacial score (nSPS) is 19.8. The van der Waals surface area contributed by atoms with Crippen molar-refractivity contribution >= 4 is 0 Å². The maximum absolute atomic E-state index is 5.84. The van der Waals surface area contributed by atoms with E-state index in [9.17, 15) is 0 Å². The maximum atomic E-state index is 5.84. The molecule has 2 N–H and O–H groups in total. The minimum atomic E-state index is 0.598. The van der Waals surface area contributed by atoms with Crippen LogP contribution in [0.4, 0.5) is 0 Å². The summed E-state index contributed by atoms with van der Waals surface area (Å²) in [4.78, 5) is 2.50. The second-order valence-electron chi connectivity index (χ2n) is 5.59. The number of rotatable bonds is 6. The van der Waals surface area contributed by atoms with E-state index in [-0.39, 0.29) is 0 Å². The van der Waals surface area contributed by atoms with Crippen molar-refractivity contribution in [3.8, 4) is 5.75 Å². The van der Waals surface area contributed by atoms with Crippen molar-refractivity contribution in [1.82, 2.24) is 4.90 Å². The Morgan fingerprint density at radius 3 is 2.68 bits per heavy atom. The summed E-state index contributed by atoms with van der Waals surface area (Å²) in [5.74, 6) is 0.995. The number of nitrogens with two attached hydrogens (primary N) is 1. The van der Waals surface area contributed by atoms with Crippen molar-refractivity contribution in [2.75, 3.05) is 26.2 Å². The van der Waals surface area contributed by atoms with Gasteiger partial charge < -0.3 is 10.5 Å². The van der Waals surface area contributed by atoms with Crippen LogP contribution in [0, 0.1) is 13.8 Å². The molecule has 1 aliphatic rings.